The van der Waals surface area contributed by atoms with Gasteiger partial charge in [-0.3, -0.25) is 13.9 Å². The molecule has 0 bridgehead atoms. The minimum atomic E-state index is -3.81. The summed E-state index contributed by atoms with van der Waals surface area (Å²) in [7, 11) is -2.24. The first-order valence-corrected chi connectivity index (χ1v) is 16.5. The lowest BCUT2D eigenvalue weighted by Crippen LogP contribution is -2.52. The van der Waals surface area contributed by atoms with Crippen LogP contribution in [0.15, 0.2) is 78.9 Å². The van der Waals surface area contributed by atoms with Gasteiger partial charge in [0.2, 0.25) is 21.8 Å². The van der Waals surface area contributed by atoms with E-state index >= 15 is 0 Å². The van der Waals surface area contributed by atoms with Gasteiger partial charge in [0, 0.05) is 32.0 Å². The van der Waals surface area contributed by atoms with Gasteiger partial charge in [-0.15, -0.1) is 0 Å². The van der Waals surface area contributed by atoms with Crippen molar-refractivity contribution < 1.29 is 27.1 Å². The van der Waals surface area contributed by atoms with E-state index < -0.39 is 21.9 Å². The lowest BCUT2D eigenvalue weighted by atomic mass is 10.0. The summed E-state index contributed by atoms with van der Waals surface area (Å²) in [4.78, 5) is 29.4. The summed E-state index contributed by atoms with van der Waals surface area (Å²) in [5.74, 6) is -0.539. The molecule has 1 fully saturated rings. The van der Waals surface area contributed by atoms with Gasteiger partial charge in [0.05, 0.1) is 19.1 Å². The van der Waals surface area contributed by atoms with Gasteiger partial charge >= 0.3 is 0 Å². The van der Waals surface area contributed by atoms with E-state index in [2.05, 4.69) is 5.32 Å². The molecule has 0 radical (unpaired) electrons. The molecule has 4 rings (SSSR count). The summed E-state index contributed by atoms with van der Waals surface area (Å²) >= 11 is 0. The highest BCUT2D eigenvalue weighted by atomic mass is 32.2. The summed E-state index contributed by atoms with van der Waals surface area (Å²) in [6.45, 7) is 0.0743. The van der Waals surface area contributed by atoms with E-state index in [1.807, 2.05) is 54.6 Å². The second kappa shape index (κ2) is 15.0. The van der Waals surface area contributed by atoms with Crippen LogP contribution in [0, 0.1) is 5.82 Å². The molecule has 0 heterocycles. The number of carbonyl (C=O) groups excluding carboxylic acids is 2. The number of rotatable bonds is 14. The van der Waals surface area contributed by atoms with Crippen molar-refractivity contribution in [3.8, 4) is 5.75 Å². The minimum absolute atomic E-state index is 0.0353. The Balaban J connectivity index is 1.60. The number of para-hydroxylation sites is 1. The van der Waals surface area contributed by atoms with Gasteiger partial charge < -0.3 is 15.0 Å². The van der Waals surface area contributed by atoms with Crippen molar-refractivity contribution in [3.05, 3.63) is 95.8 Å². The van der Waals surface area contributed by atoms with Gasteiger partial charge in [-0.05, 0) is 54.7 Å². The SMILES string of the molecule is COc1cccc(CN(C(=O)CCCN(c2ccccc2F)S(C)(=O)=O)C(Cc2ccccc2)C(=O)NC2CCCC2)c1. The predicted octanol–water partition coefficient (Wildman–Crippen LogP) is 5.08. The first kappa shape index (κ1) is 32.0. The van der Waals surface area contributed by atoms with Crippen LogP contribution in [-0.4, -0.2) is 57.1 Å². The third kappa shape index (κ3) is 9.03. The van der Waals surface area contributed by atoms with Gasteiger partial charge in [0.15, 0.2) is 0 Å². The van der Waals surface area contributed by atoms with Gasteiger partial charge in [0.1, 0.15) is 17.6 Å². The third-order valence-electron chi connectivity index (χ3n) is 7.73. The lowest BCUT2D eigenvalue weighted by Gasteiger charge is -2.33. The molecule has 1 N–H and O–H groups in total. The molecule has 0 saturated heterocycles. The molecule has 3 aromatic rings. The molecular weight excluding hydrogens is 569 g/mol. The highest BCUT2D eigenvalue weighted by molar-refractivity contribution is 7.92. The maximum atomic E-state index is 14.5. The monoisotopic (exact) mass is 609 g/mol. The zero-order valence-electron chi connectivity index (χ0n) is 24.7. The summed E-state index contributed by atoms with van der Waals surface area (Å²) in [6.07, 6.45) is 5.36. The molecule has 0 aromatic heterocycles. The van der Waals surface area contributed by atoms with Crippen LogP contribution >= 0.6 is 0 Å². The van der Waals surface area contributed by atoms with E-state index in [0.717, 1.165) is 47.4 Å². The Kier molecular flexibility index (Phi) is 11.2. The number of halogens is 1. The Morgan fingerprint density at radius 1 is 0.977 bits per heavy atom. The molecule has 8 nitrogen and oxygen atoms in total. The molecule has 2 amide bonds. The van der Waals surface area contributed by atoms with E-state index in [0.29, 0.717) is 12.2 Å². The van der Waals surface area contributed by atoms with E-state index in [9.17, 15) is 22.4 Å². The van der Waals surface area contributed by atoms with Gasteiger partial charge in [-0.25, -0.2) is 12.8 Å². The molecule has 0 spiro atoms. The van der Waals surface area contributed by atoms with Gasteiger partial charge in [0.25, 0.3) is 0 Å². The maximum absolute atomic E-state index is 14.5. The van der Waals surface area contributed by atoms with Crippen LogP contribution in [0.1, 0.15) is 49.7 Å². The molecule has 43 heavy (non-hydrogen) atoms. The second-order valence-corrected chi connectivity index (χ2v) is 12.9. The number of benzene rings is 3. The normalized spacial score (nSPS) is 14.2. The first-order chi connectivity index (χ1) is 20.7. The van der Waals surface area contributed by atoms with E-state index in [1.165, 1.54) is 18.2 Å². The average molecular weight is 610 g/mol. The molecule has 1 aliphatic rings. The fourth-order valence-electron chi connectivity index (χ4n) is 5.53. The number of hydrogen-bond donors (Lipinski definition) is 1. The fraction of sp³-hybridized carbons (Fsp3) is 0.394. The van der Waals surface area contributed by atoms with Crippen LogP contribution < -0.4 is 14.4 Å². The standard InChI is InChI=1S/C33H40FN3O5S/c1-42-28-17-10-14-26(22-28)24-36(31(23-25-12-4-3-5-13-25)33(39)35-27-15-6-7-16-27)32(38)20-11-21-37(43(2,40)41)30-19-9-8-18-29(30)34/h3-5,8-10,12-14,17-19,22,27,31H,6-7,11,15-16,20-21,23-24H2,1-2H3,(H,35,39). The molecule has 3 aromatic carbocycles. The van der Waals surface area contributed by atoms with Crippen molar-refractivity contribution in [1.82, 2.24) is 10.2 Å². The Morgan fingerprint density at radius 3 is 2.33 bits per heavy atom. The van der Waals surface area contributed by atoms with E-state index in [1.54, 1.807) is 18.1 Å². The average Bonchev–Trinajstić information content (AvgIpc) is 3.50. The number of nitrogens with one attached hydrogen (secondary N) is 1. The zero-order valence-corrected chi connectivity index (χ0v) is 25.6. The second-order valence-electron chi connectivity index (χ2n) is 11.0. The van der Waals surface area contributed by atoms with Crippen molar-refractivity contribution in [3.63, 3.8) is 0 Å². The Morgan fingerprint density at radius 2 is 1.65 bits per heavy atom. The number of anilines is 1. The maximum Gasteiger partial charge on any atom is 0.243 e. The summed E-state index contributed by atoms with van der Waals surface area (Å²) in [5.41, 5.74) is 1.65. The number of methoxy groups -OCH3 is 1. The molecule has 1 unspecified atom stereocenters. The highest BCUT2D eigenvalue weighted by Crippen LogP contribution is 2.24. The van der Waals surface area contributed by atoms with E-state index in [4.69, 9.17) is 4.74 Å². The number of ether oxygens (including phenoxy) is 1. The summed E-state index contributed by atoms with van der Waals surface area (Å²) in [5, 5.41) is 3.18. The van der Waals surface area contributed by atoms with Crippen LogP contribution in [0.25, 0.3) is 0 Å². The molecule has 1 atom stereocenters. The topological polar surface area (TPSA) is 96.0 Å². The highest BCUT2D eigenvalue weighted by Gasteiger charge is 2.32. The van der Waals surface area contributed by atoms with E-state index in [-0.39, 0.29) is 49.5 Å². The number of hydrogen-bond acceptors (Lipinski definition) is 5. The number of nitrogens with zero attached hydrogens (tertiary/aromatic N) is 2. The van der Waals surface area contributed by atoms with Crippen molar-refractivity contribution in [1.29, 1.82) is 0 Å². The molecule has 10 heteroatoms. The van der Waals surface area contributed by atoms with Crippen molar-refractivity contribution >= 4 is 27.5 Å². The van der Waals surface area contributed by atoms with Crippen molar-refractivity contribution in [2.75, 3.05) is 24.2 Å². The molecule has 1 aliphatic carbocycles. The number of amides is 2. The Labute approximate surface area is 253 Å². The van der Waals surface area contributed by atoms with Crippen molar-refractivity contribution in [2.24, 2.45) is 0 Å². The number of carbonyl (C=O) groups is 2. The first-order valence-electron chi connectivity index (χ1n) is 14.6. The molecular formula is C33H40FN3O5S. The third-order valence-corrected chi connectivity index (χ3v) is 8.91. The largest absolute Gasteiger partial charge is 0.497 e. The number of sulfonamides is 1. The quantitative estimate of drug-likeness (QED) is 0.275. The molecule has 1 saturated carbocycles. The van der Waals surface area contributed by atoms with Crippen LogP contribution in [-0.2, 0) is 32.6 Å². The van der Waals surface area contributed by atoms with Crippen LogP contribution in [0.2, 0.25) is 0 Å². The Hall–Kier alpha value is -3.92. The van der Waals surface area contributed by atoms with Crippen LogP contribution in [0.3, 0.4) is 0 Å². The predicted molar refractivity (Wildman–Crippen MR) is 166 cm³/mol. The summed E-state index contributed by atoms with van der Waals surface area (Å²) in [6, 6.07) is 21.9. The molecule has 230 valence electrons. The van der Waals surface area contributed by atoms with Gasteiger partial charge in [-0.1, -0.05) is 67.4 Å². The Bertz CT molecular complexity index is 1480. The zero-order chi connectivity index (χ0) is 30.8. The smallest absolute Gasteiger partial charge is 0.243 e. The minimum Gasteiger partial charge on any atom is -0.497 e. The summed E-state index contributed by atoms with van der Waals surface area (Å²) < 4.78 is 46.0. The lowest BCUT2D eigenvalue weighted by molar-refractivity contribution is -0.141. The molecule has 0 aliphatic heterocycles. The van der Waals surface area contributed by atoms with Crippen molar-refractivity contribution in [2.45, 2.75) is 63.6 Å². The van der Waals surface area contributed by atoms with Crippen LogP contribution in [0.5, 0.6) is 5.75 Å². The van der Waals surface area contributed by atoms with Crippen LogP contribution in [0.4, 0.5) is 10.1 Å². The van der Waals surface area contributed by atoms with Gasteiger partial charge in [-0.2, -0.15) is 0 Å². The fourth-order valence-corrected chi connectivity index (χ4v) is 6.49.